The Morgan fingerprint density at radius 1 is 1.45 bits per heavy atom. The quantitative estimate of drug-likeness (QED) is 0.627. The summed E-state index contributed by atoms with van der Waals surface area (Å²) in [5.41, 5.74) is 1.38. The number of aryl methyl sites for hydroxylation is 2. The van der Waals surface area contributed by atoms with E-state index in [-0.39, 0.29) is 0 Å². The van der Waals surface area contributed by atoms with Crippen LogP contribution in [0.25, 0.3) is 6.08 Å². The van der Waals surface area contributed by atoms with Crippen LogP contribution in [-0.4, -0.2) is 0 Å². The van der Waals surface area contributed by atoms with Gasteiger partial charge in [-0.2, -0.15) is 0 Å². The summed E-state index contributed by atoms with van der Waals surface area (Å²) < 4.78 is 0. The van der Waals surface area contributed by atoms with Gasteiger partial charge in [0.25, 0.3) is 0 Å². The van der Waals surface area contributed by atoms with E-state index < -0.39 is 0 Å². The molecule has 0 nitrogen and oxygen atoms in total. The Morgan fingerprint density at radius 3 is 2.64 bits per heavy atom. The fourth-order valence-electron chi connectivity index (χ4n) is 1.06. The minimum atomic E-state index is 1.12. The van der Waals surface area contributed by atoms with Crippen LogP contribution in [0.3, 0.4) is 0 Å². The first-order valence-electron chi connectivity index (χ1n) is 3.97. The molecule has 0 atom stereocenters. The van der Waals surface area contributed by atoms with Crippen LogP contribution in [0.1, 0.15) is 28.7 Å². The Bertz CT molecular complexity index is 256. The van der Waals surface area contributed by atoms with Gasteiger partial charge in [-0.3, -0.25) is 0 Å². The Labute approximate surface area is 72.6 Å². The van der Waals surface area contributed by atoms with Gasteiger partial charge in [-0.15, -0.1) is 11.3 Å². The minimum absolute atomic E-state index is 1.12. The number of allylic oxidation sites excluding steroid dienone is 1. The normalized spacial score (nSPS) is 11.2. The Kier molecular flexibility index (Phi) is 2.89. The summed E-state index contributed by atoms with van der Waals surface area (Å²) in [5, 5.41) is 0. The van der Waals surface area contributed by atoms with Crippen LogP contribution in [0.2, 0.25) is 0 Å². The second-order valence-electron chi connectivity index (χ2n) is 2.68. The van der Waals surface area contributed by atoms with Crippen molar-refractivity contribution in [1.29, 1.82) is 0 Å². The molecule has 0 saturated carbocycles. The third kappa shape index (κ3) is 2.19. The maximum atomic E-state index is 2.24. The van der Waals surface area contributed by atoms with E-state index in [1.165, 1.54) is 15.3 Å². The van der Waals surface area contributed by atoms with Gasteiger partial charge in [0.05, 0.1) is 0 Å². The molecule has 0 aliphatic heterocycles. The van der Waals surface area contributed by atoms with Crippen LogP contribution < -0.4 is 0 Å². The van der Waals surface area contributed by atoms with E-state index in [1.807, 2.05) is 11.3 Å². The van der Waals surface area contributed by atoms with E-state index in [1.54, 1.807) is 0 Å². The maximum Gasteiger partial charge on any atom is 0.00892 e. The molecule has 0 N–H and O–H groups in total. The highest BCUT2D eigenvalue weighted by atomic mass is 32.1. The molecule has 0 saturated heterocycles. The third-order valence-electron chi connectivity index (χ3n) is 1.61. The molecule has 60 valence electrons. The molecule has 0 radical (unpaired) electrons. The van der Waals surface area contributed by atoms with Crippen molar-refractivity contribution in [2.24, 2.45) is 0 Å². The minimum Gasteiger partial charge on any atom is -0.145 e. The summed E-state index contributed by atoms with van der Waals surface area (Å²) in [6.07, 6.45) is 5.53. The van der Waals surface area contributed by atoms with Crippen molar-refractivity contribution in [1.82, 2.24) is 0 Å². The third-order valence-corrected chi connectivity index (χ3v) is 2.59. The van der Waals surface area contributed by atoms with Gasteiger partial charge in [0.15, 0.2) is 0 Å². The molecule has 11 heavy (non-hydrogen) atoms. The highest BCUT2D eigenvalue weighted by Gasteiger charge is 1.96. The zero-order chi connectivity index (χ0) is 8.27. The molecular weight excluding hydrogens is 152 g/mol. The summed E-state index contributed by atoms with van der Waals surface area (Å²) >= 11 is 1.87. The predicted molar refractivity (Wildman–Crippen MR) is 53.1 cm³/mol. The van der Waals surface area contributed by atoms with Gasteiger partial charge >= 0.3 is 0 Å². The fourth-order valence-corrected chi connectivity index (χ4v) is 1.97. The van der Waals surface area contributed by atoms with Gasteiger partial charge in [-0.25, -0.2) is 0 Å². The second kappa shape index (κ2) is 3.72. The van der Waals surface area contributed by atoms with Crippen molar-refractivity contribution in [3.8, 4) is 0 Å². The van der Waals surface area contributed by atoms with Crippen LogP contribution in [0.15, 0.2) is 12.1 Å². The zero-order valence-electron chi connectivity index (χ0n) is 7.35. The smallest absolute Gasteiger partial charge is 0.00892 e. The summed E-state index contributed by atoms with van der Waals surface area (Å²) in [5.74, 6) is 0. The molecule has 0 unspecified atom stereocenters. The molecule has 0 spiro atoms. The Hall–Kier alpha value is -0.560. The molecule has 0 bridgehead atoms. The topological polar surface area (TPSA) is 0 Å². The first kappa shape index (κ1) is 8.54. The molecular formula is C10H14S. The van der Waals surface area contributed by atoms with Gasteiger partial charge < -0.3 is 0 Å². The number of rotatable bonds is 2. The first-order chi connectivity index (χ1) is 5.24. The fraction of sp³-hybridized carbons (Fsp3) is 0.400. The molecule has 1 heteroatoms. The molecule has 1 aromatic rings. The average molecular weight is 166 g/mol. The van der Waals surface area contributed by atoms with E-state index in [4.69, 9.17) is 0 Å². The van der Waals surface area contributed by atoms with Crippen molar-refractivity contribution in [3.05, 3.63) is 27.5 Å². The summed E-state index contributed by atoms with van der Waals surface area (Å²) in [6.45, 7) is 6.49. The van der Waals surface area contributed by atoms with Crippen molar-refractivity contribution in [2.75, 3.05) is 0 Å². The summed E-state index contributed by atoms with van der Waals surface area (Å²) in [6, 6.07) is 2.24. The van der Waals surface area contributed by atoms with Crippen molar-refractivity contribution in [3.63, 3.8) is 0 Å². The zero-order valence-corrected chi connectivity index (χ0v) is 8.16. The van der Waals surface area contributed by atoms with E-state index >= 15 is 0 Å². The van der Waals surface area contributed by atoms with Crippen LogP contribution in [0.5, 0.6) is 0 Å². The first-order valence-corrected chi connectivity index (χ1v) is 4.79. The molecule has 0 aromatic carbocycles. The molecule has 1 heterocycles. The predicted octanol–water partition coefficient (Wildman–Crippen LogP) is 3.79. The van der Waals surface area contributed by atoms with Crippen molar-refractivity contribution in [2.45, 2.75) is 27.2 Å². The lowest BCUT2D eigenvalue weighted by Crippen LogP contribution is -1.66. The average Bonchev–Trinajstić information content (AvgIpc) is 2.26. The monoisotopic (exact) mass is 166 g/mol. The molecule has 1 aromatic heterocycles. The highest BCUT2D eigenvalue weighted by molar-refractivity contribution is 7.12. The van der Waals surface area contributed by atoms with Crippen LogP contribution in [0.4, 0.5) is 0 Å². The lowest BCUT2D eigenvalue weighted by molar-refractivity contribution is 1.23. The summed E-state index contributed by atoms with van der Waals surface area (Å²) in [7, 11) is 0. The van der Waals surface area contributed by atoms with Crippen LogP contribution in [0, 0.1) is 13.8 Å². The van der Waals surface area contributed by atoms with E-state index in [0.29, 0.717) is 0 Å². The number of hydrogen-bond donors (Lipinski definition) is 0. The lowest BCUT2D eigenvalue weighted by atomic mass is 10.2. The Balaban J connectivity index is 2.85. The lowest BCUT2D eigenvalue weighted by Gasteiger charge is -1.86. The molecule has 0 fully saturated rings. The number of hydrogen-bond acceptors (Lipinski definition) is 1. The molecule has 1 rings (SSSR count). The maximum absolute atomic E-state index is 2.24. The van der Waals surface area contributed by atoms with Crippen molar-refractivity contribution < 1.29 is 0 Å². The van der Waals surface area contributed by atoms with Crippen LogP contribution in [-0.2, 0) is 0 Å². The highest BCUT2D eigenvalue weighted by Crippen LogP contribution is 2.21. The van der Waals surface area contributed by atoms with Gasteiger partial charge in [0, 0.05) is 9.75 Å². The van der Waals surface area contributed by atoms with Gasteiger partial charge in [-0.05, 0) is 31.9 Å². The van der Waals surface area contributed by atoms with Crippen LogP contribution >= 0.6 is 11.3 Å². The Morgan fingerprint density at radius 2 is 2.18 bits per heavy atom. The molecule has 0 aliphatic carbocycles. The number of thiophene rings is 1. The largest absolute Gasteiger partial charge is 0.145 e. The van der Waals surface area contributed by atoms with Gasteiger partial charge in [0.2, 0.25) is 0 Å². The van der Waals surface area contributed by atoms with E-state index in [2.05, 4.69) is 39.0 Å². The standard InChI is InChI=1S/C10H14S/c1-4-5-6-10-7-8(2)11-9(10)3/h5-7H,4H2,1-3H3/b6-5-. The van der Waals surface area contributed by atoms with E-state index in [9.17, 15) is 0 Å². The van der Waals surface area contributed by atoms with Gasteiger partial charge in [-0.1, -0.05) is 19.1 Å². The second-order valence-corrected chi connectivity index (χ2v) is 4.14. The summed E-state index contributed by atoms with van der Waals surface area (Å²) in [4.78, 5) is 2.82. The van der Waals surface area contributed by atoms with Gasteiger partial charge in [0.1, 0.15) is 0 Å². The van der Waals surface area contributed by atoms with E-state index in [0.717, 1.165) is 6.42 Å². The SMILES string of the molecule is CC/C=C\c1cc(C)sc1C. The molecule has 0 amide bonds. The molecule has 0 aliphatic rings. The van der Waals surface area contributed by atoms with Crippen molar-refractivity contribution >= 4 is 17.4 Å².